The van der Waals surface area contributed by atoms with Gasteiger partial charge in [0.25, 0.3) is 0 Å². The number of nitrogens with one attached hydrogen (secondary N) is 1. The lowest BCUT2D eigenvalue weighted by Gasteiger charge is -2.34. The van der Waals surface area contributed by atoms with Crippen LogP contribution in [0.4, 0.5) is 15.6 Å². The summed E-state index contributed by atoms with van der Waals surface area (Å²) in [5.41, 5.74) is 4.21. The van der Waals surface area contributed by atoms with Gasteiger partial charge in [-0.1, -0.05) is 17.4 Å². The Labute approximate surface area is 180 Å². The molecule has 30 heavy (non-hydrogen) atoms. The lowest BCUT2D eigenvalue weighted by atomic mass is 10.1. The first-order valence-electron chi connectivity index (χ1n) is 9.90. The second kappa shape index (κ2) is 8.39. The Hall–Kier alpha value is -3.00. The number of thiazole rings is 1. The molecular formula is C22H26N4O3S. The lowest BCUT2D eigenvalue weighted by Crippen LogP contribution is -2.50. The Morgan fingerprint density at radius 2 is 1.83 bits per heavy atom. The van der Waals surface area contributed by atoms with E-state index in [4.69, 9.17) is 14.5 Å². The zero-order valence-corrected chi connectivity index (χ0v) is 18.5. The third kappa shape index (κ3) is 3.87. The van der Waals surface area contributed by atoms with Gasteiger partial charge in [0.1, 0.15) is 11.5 Å². The number of nitrogens with zero attached hydrogens (tertiary/aromatic N) is 3. The highest BCUT2D eigenvalue weighted by Crippen LogP contribution is 2.33. The maximum atomic E-state index is 12.8. The average Bonchev–Trinajstić information content (AvgIpc) is 3.22. The predicted molar refractivity (Wildman–Crippen MR) is 121 cm³/mol. The molecule has 0 spiro atoms. The molecule has 1 aliphatic heterocycles. The predicted octanol–water partition coefficient (Wildman–Crippen LogP) is 4.28. The largest absolute Gasteiger partial charge is 0.497 e. The minimum atomic E-state index is -0.131. The summed E-state index contributed by atoms with van der Waals surface area (Å²) in [7, 11) is 3.17. The number of hydrogen-bond donors (Lipinski definition) is 1. The Bertz CT molecular complexity index is 1070. The number of ether oxygens (including phenoxy) is 2. The van der Waals surface area contributed by atoms with Crippen molar-refractivity contribution in [2.45, 2.75) is 13.8 Å². The molecule has 1 aliphatic rings. The number of hydrogen-bond acceptors (Lipinski definition) is 6. The monoisotopic (exact) mass is 426 g/mol. The number of aryl methyl sites for hydroxylation is 2. The fourth-order valence-electron chi connectivity index (χ4n) is 3.55. The lowest BCUT2D eigenvalue weighted by molar-refractivity contribution is 0.208. The SMILES string of the molecule is COc1ccc(NC(=O)N2CCN(c3nc4c(C)c(C)ccc4s3)CC2)c(OC)c1. The molecule has 0 saturated carbocycles. The maximum Gasteiger partial charge on any atom is 0.322 e. The van der Waals surface area contributed by atoms with Crippen molar-refractivity contribution in [2.75, 3.05) is 50.6 Å². The Kier molecular flexibility index (Phi) is 5.67. The van der Waals surface area contributed by atoms with Crippen LogP contribution in [-0.2, 0) is 0 Å². The third-order valence-electron chi connectivity index (χ3n) is 5.56. The van der Waals surface area contributed by atoms with Crippen LogP contribution < -0.4 is 19.7 Å². The molecule has 0 unspecified atom stereocenters. The van der Waals surface area contributed by atoms with Crippen LogP contribution in [0.5, 0.6) is 11.5 Å². The van der Waals surface area contributed by atoms with E-state index < -0.39 is 0 Å². The summed E-state index contributed by atoms with van der Waals surface area (Å²) in [6.07, 6.45) is 0. The van der Waals surface area contributed by atoms with Gasteiger partial charge in [-0.2, -0.15) is 0 Å². The molecule has 1 aromatic heterocycles. The van der Waals surface area contributed by atoms with Crippen LogP contribution >= 0.6 is 11.3 Å². The number of methoxy groups -OCH3 is 2. The van der Waals surface area contributed by atoms with Crippen molar-refractivity contribution in [1.29, 1.82) is 0 Å². The van der Waals surface area contributed by atoms with Crippen molar-refractivity contribution in [2.24, 2.45) is 0 Å². The molecule has 158 valence electrons. The van der Waals surface area contributed by atoms with Crippen molar-refractivity contribution in [3.63, 3.8) is 0 Å². The topological polar surface area (TPSA) is 66.9 Å². The van der Waals surface area contributed by atoms with E-state index in [9.17, 15) is 4.79 Å². The van der Waals surface area contributed by atoms with Crippen LogP contribution in [0.25, 0.3) is 10.2 Å². The highest BCUT2D eigenvalue weighted by molar-refractivity contribution is 7.22. The van der Waals surface area contributed by atoms with E-state index in [2.05, 4.69) is 36.2 Å². The number of carbonyl (C=O) groups excluding carboxylic acids is 1. The minimum absolute atomic E-state index is 0.131. The van der Waals surface area contributed by atoms with Crippen molar-refractivity contribution in [3.05, 3.63) is 41.5 Å². The highest BCUT2D eigenvalue weighted by Gasteiger charge is 2.24. The number of carbonyl (C=O) groups is 1. The van der Waals surface area contributed by atoms with Gasteiger partial charge in [0.05, 0.1) is 30.1 Å². The van der Waals surface area contributed by atoms with Crippen molar-refractivity contribution >= 4 is 38.4 Å². The van der Waals surface area contributed by atoms with E-state index in [0.29, 0.717) is 30.3 Å². The Balaban J connectivity index is 1.41. The van der Waals surface area contributed by atoms with Crippen LogP contribution in [0.1, 0.15) is 11.1 Å². The van der Waals surface area contributed by atoms with Gasteiger partial charge in [-0.15, -0.1) is 0 Å². The number of anilines is 2. The summed E-state index contributed by atoms with van der Waals surface area (Å²) < 4.78 is 11.8. The second-order valence-electron chi connectivity index (χ2n) is 7.32. The van der Waals surface area contributed by atoms with Crippen LogP contribution in [0, 0.1) is 13.8 Å². The van der Waals surface area contributed by atoms with Gasteiger partial charge < -0.3 is 24.6 Å². The molecule has 0 bridgehead atoms. The summed E-state index contributed by atoms with van der Waals surface area (Å²) in [6, 6.07) is 9.50. The third-order valence-corrected chi connectivity index (χ3v) is 6.64. The normalized spacial score (nSPS) is 14.1. The molecule has 0 aliphatic carbocycles. The fourth-order valence-corrected chi connectivity index (χ4v) is 4.62. The zero-order chi connectivity index (χ0) is 21.3. The summed E-state index contributed by atoms with van der Waals surface area (Å²) in [6.45, 7) is 7.02. The van der Waals surface area contributed by atoms with Crippen molar-refractivity contribution in [1.82, 2.24) is 9.88 Å². The fraction of sp³-hybridized carbons (Fsp3) is 0.364. The molecule has 8 heteroatoms. The molecule has 1 fully saturated rings. The Morgan fingerprint density at radius 1 is 1.07 bits per heavy atom. The van der Waals surface area contributed by atoms with Gasteiger partial charge in [-0.05, 0) is 43.2 Å². The quantitative estimate of drug-likeness (QED) is 0.674. The standard InChI is InChI=1S/C22H26N4O3S/c1-14-5-8-19-20(15(14)2)24-22(30-19)26-11-9-25(10-12-26)21(27)23-17-7-6-16(28-3)13-18(17)29-4/h5-8,13H,9-12H2,1-4H3,(H,23,27). The molecule has 7 nitrogen and oxygen atoms in total. The maximum absolute atomic E-state index is 12.8. The first kappa shape index (κ1) is 20.3. The molecule has 1 N–H and O–H groups in total. The van der Waals surface area contributed by atoms with E-state index in [1.165, 1.54) is 15.8 Å². The molecule has 2 aromatic carbocycles. The van der Waals surface area contributed by atoms with E-state index in [1.54, 1.807) is 43.8 Å². The van der Waals surface area contributed by atoms with E-state index in [1.807, 2.05) is 4.90 Å². The van der Waals surface area contributed by atoms with Crippen molar-refractivity contribution < 1.29 is 14.3 Å². The number of piperazine rings is 1. The van der Waals surface area contributed by atoms with Gasteiger partial charge in [0.15, 0.2) is 5.13 Å². The number of urea groups is 1. The van der Waals surface area contributed by atoms with Gasteiger partial charge in [-0.25, -0.2) is 9.78 Å². The van der Waals surface area contributed by atoms with Crippen molar-refractivity contribution in [3.8, 4) is 11.5 Å². The molecule has 0 radical (unpaired) electrons. The molecule has 2 heterocycles. The first-order chi connectivity index (χ1) is 14.5. The zero-order valence-electron chi connectivity index (χ0n) is 17.7. The van der Waals surface area contributed by atoms with Crippen LogP contribution in [-0.4, -0.2) is 56.3 Å². The molecule has 4 rings (SSSR count). The molecular weight excluding hydrogens is 400 g/mol. The van der Waals surface area contributed by atoms with E-state index in [0.717, 1.165) is 23.7 Å². The summed E-state index contributed by atoms with van der Waals surface area (Å²) >= 11 is 1.71. The second-order valence-corrected chi connectivity index (χ2v) is 8.33. The minimum Gasteiger partial charge on any atom is -0.497 e. The molecule has 3 aromatic rings. The van der Waals surface area contributed by atoms with Gasteiger partial charge >= 0.3 is 6.03 Å². The summed E-state index contributed by atoms with van der Waals surface area (Å²) in [5, 5.41) is 3.97. The van der Waals surface area contributed by atoms with E-state index in [-0.39, 0.29) is 6.03 Å². The van der Waals surface area contributed by atoms with Gasteiger partial charge in [0.2, 0.25) is 0 Å². The highest BCUT2D eigenvalue weighted by atomic mass is 32.1. The molecule has 2 amide bonds. The van der Waals surface area contributed by atoms with Crippen LogP contribution in [0.15, 0.2) is 30.3 Å². The van der Waals surface area contributed by atoms with Crippen LogP contribution in [0.3, 0.4) is 0 Å². The number of fused-ring (bicyclic) bond motifs is 1. The van der Waals surface area contributed by atoms with Gasteiger partial charge in [0, 0.05) is 32.2 Å². The smallest absolute Gasteiger partial charge is 0.322 e. The number of benzene rings is 2. The number of aromatic nitrogens is 1. The average molecular weight is 427 g/mol. The molecule has 1 saturated heterocycles. The first-order valence-corrected chi connectivity index (χ1v) is 10.7. The number of amides is 2. The molecule has 0 atom stereocenters. The summed E-state index contributed by atoms with van der Waals surface area (Å²) in [5.74, 6) is 1.25. The van der Waals surface area contributed by atoms with Crippen LogP contribution in [0.2, 0.25) is 0 Å². The van der Waals surface area contributed by atoms with Gasteiger partial charge in [-0.3, -0.25) is 0 Å². The van der Waals surface area contributed by atoms with E-state index >= 15 is 0 Å². The number of rotatable bonds is 4. The summed E-state index contributed by atoms with van der Waals surface area (Å²) in [4.78, 5) is 21.7. The Morgan fingerprint density at radius 3 is 2.53 bits per heavy atom.